The van der Waals surface area contributed by atoms with Crippen LogP contribution in [0, 0.1) is 5.92 Å². The lowest BCUT2D eigenvalue weighted by Gasteiger charge is -2.42. The minimum atomic E-state index is -0.360. The van der Waals surface area contributed by atoms with Crippen LogP contribution in [0.3, 0.4) is 0 Å². The van der Waals surface area contributed by atoms with Crippen LogP contribution < -0.4 is 10.1 Å². The van der Waals surface area contributed by atoms with Crippen molar-refractivity contribution in [3.8, 4) is 5.75 Å². The Morgan fingerprint density at radius 3 is 2.60 bits per heavy atom. The summed E-state index contributed by atoms with van der Waals surface area (Å²) in [6, 6.07) is 8.98. The lowest BCUT2D eigenvalue weighted by atomic mass is 9.82. The molecular weight excluding hydrogens is 446 g/mol. The number of furan rings is 1. The van der Waals surface area contributed by atoms with Gasteiger partial charge in [-0.3, -0.25) is 14.4 Å². The van der Waals surface area contributed by atoms with E-state index in [1.165, 1.54) is 12.5 Å². The van der Waals surface area contributed by atoms with Gasteiger partial charge in [-0.1, -0.05) is 31.5 Å². The maximum absolute atomic E-state index is 13.6. The molecule has 2 aliphatic heterocycles. The van der Waals surface area contributed by atoms with Gasteiger partial charge in [-0.05, 0) is 37.8 Å². The highest BCUT2D eigenvalue weighted by Gasteiger charge is 2.42. The van der Waals surface area contributed by atoms with E-state index in [2.05, 4.69) is 12.2 Å². The molecule has 1 aromatic carbocycles. The van der Waals surface area contributed by atoms with Gasteiger partial charge >= 0.3 is 0 Å². The van der Waals surface area contributed by atoms with Crippen LogP contribution >= 0.6 is 0 Å². The van der Waals surface area contributed by atoms with Gasteiger partial charge in [-0.25, -0.2) is 0 Å². The van der Waals surface area contributed by atoms with Gasteiger partial charge in [0.1, 0.15) is 12.0 Å². The SMILES string of the molecule is CCCCN1C(=O)CC[C@@H](C(=O)NC2CCN(C(=O)c3ccoc3)CC2)[C@@H]1c1ccccc1OC. The number of likely N-dealkylation sites (tertiary alicyclic amines) is 2. The van der Waals surface area contributed by atoms with Gasteiger partial charge in [0.05, 0.1) is 30.9 Å². The monoisotopic (exact) mass is 481 g/mol. The zero-order valence-electron chi connectivity index (χ0n) is 20.6. The number of para-hydroxylation sites is 1. The number of nitrogens with one attached hydrogen (secondary N) is 1. The Bertz CT molecular complexity index is 1010. The molecule has 0 aliphatic carbocycles. The molecule has 2 saturated heterocycles. The molecule has 0 spiro atoms. The third-order valence-electron chi connectivity index (χ3n) is 7.15. The number of nitrogens with zero attached hydrogens (tertiary/aromatic N) is 2. The van der Waals surface area contributed by atoms with Crippen molar-refractivity contribution >= 4 is 17.7 Å². The molecule has 2 aliphatic rings. The summed E-state index contributed by atoms with van der Waals surface area (Å²) >= 11 is 0. The number of hydrogen-bond acceptors (Lipinski definition) is 5. The summed E-state index contributed by atoms with van der Waals surface area (Å²) in [5.41, 5.74) is 1.42. The molecule has 3 amide bonds. The van der Waals surface area contributed by atoms with Crippen molar-refractivity contribution in [3.63, 3.8) is 0 Å². The average molecular weight is 482 g/mol. The van der Waals surface area contributed by atoms with Gasteiger partial charge in [0.2, 0.25) is 11.8 Å². The number of carbonyl (C=O) groups is 3. The molecule has 0 unspecified atom stereocenters. The fourth-order valence-corrected chi connectivity index (χ4v) is 5.22. The molecule has 0 saturated carbocycles. The largest absolute Gasteiger partial charge is 0.496 e. The van der Waals surface area contributed by atoms with E-state index in [0.29, 0.717) is 56.6 Å². The third kappa shape index (κ3) is 5.52. The van der Waals surface area contributed by atoms with Crippen LogP contribution in [0.25, 0.3) is 0 Å². The first-order valence-electron chi connectivity index (χ1n) is 12.6. The summed E-state index contributed by atoms with van der Waals surface area (Å²) < 4.78 is 10.6. The second-order valence-corrected chi connectivity index (χ2v) is 9.36. The van der Waals surface area contributed by atoms with Crippen molar-refractivity contribution in [2.24, 2.45) is 5.92 Å². The Morgan fingerprint density at radius 1 is 1.14 bits per heavy atom. The average Bonchev–Trinajstić information content (AvgIpc) is 3.43. The van der Waals surface area contributed by atoms with Crippen LogP contribution in [-0.4, -0.2) is 60.3 Å². The molecule has 2 fully saturated rings. The lowest BCUT2D eigenvalue weighted by molar-refractivity contribution is -0.143. The summed E-state index contributed by atoms with van der Waals surface area (Å²) in [6.45, 7) is 3.88. The number of hydrogen-bond donors (Lipinski definition) is 1. The first-order valence-corrected chi connectivity index (χ1v) is 12.6. The number of benzene rings is 1. The summed E-state index contributed by atoms with van der Waals surface area (Å²) in [5.74, 6) is 0.347. The second-order valence-electron chi connectivity index (χ2n) is 9.36. The van der Waals surface area contributed by atoms with Crippen LogP contribution in [0.15, 0.2) is 47.3 Å². The van der Waals surface area contributed by atoms with Crippen molar-refractivity contribution in [1.29, 1.82) is 0 Å². The number of unbranched alkanes of at least 4 members (excludes halogenated alkanes) is 1. The first kappa shape index (κ1) is 24.8. The predicted octanol–water partition coefficient (Wildman–Crippen LogP) is 3.79. The zero-order chi connectivity index (χ0) is 24.8. The fourth-order valence-electron chi connectivity index (χ4n) is 5.22. The van der Waals surface area contributed by atoms with Gasteiger partial charge in [-0.15, -0.1) is 0 Å². The Labute approximate surface area is 206 Å². The van der Waals surface area contributed by atoms with E-state index >= 15 is 0 Å². The summed E-state index contributed by atoms with van der Waals surface area (Å²) in [4.78, 5) is 42.8. The number of rotatable bonds is 8. The van der Waals surface area contributed by atoms with Crippen LogP contribution in [0.1, 0.15) is 67.4 Å². The summed E-state index contributed by atoms with van der Waals surface area (Å²) in [5, 5.41) is 3.24. The lowest BCUT2D eigenvalue weighted by Crippen LogP contribution is -2.52. The van der Waals surface area contributed by atoms with Crippen LogP contribution in [-0.2, 0) is 9.59 Å². The minimum Gasteiger partial charge on any atom is -0.496 e. The molecule has 1 N–H and O–H groups in total. The van der Waals surface area contributed by atoms with E-state index < -0.39 is 0 Å². The van der Waals surface area contributed by atoms with E-state index in [0.717, 1.165) is 18.4 Å². The second kappa shape index (κ2) is 11.4. The van der Waals surface area contributed by atoms with E-state index in [1.54, 1.807) is 18.1 Å². The van der Waals surface area contributed by atoms with Crippen LogP contribution in [0.4, 0.5) is 0 Å². The Kier molecular flexibility index (Phi) is 8.10. The minimum absolute atomic E-state index is 0.00376. The molecule has 3 heterocycles. The molecule has 35 heavy (non-hydrogen) atoms. The Balaban J connectivity index is 1.47. The van der Waals surface area contributed by atoms with Crippen molar-refractivity contribution < 1.29 is 23.5 Å². The molecular formula is C27H35N3O5. The van der Waals surface area contributed by atoms with Crippen molar-refractivity contribution in [2.45, 2.75) is 57.5 Å². The van der Waals surface area contributed by atoms with Crippen molar-refractivity contribution in [2.75, 3.05) is 26.7 Å². The number of methoxy groups -OCH3 is 1. The first-order chi connectivity index (χ1) is 17.0. The van der Waals surface area contributed by atoms with E-state index in [-0.39, 0.29) is 35.7 Å². The molecule has 0 bridgehead atoms. The maximum atomic E-state index is 13.6. The highest BCUT2D eigenvalue weighted by molar-refractivity contribution is 5.94. The smallest absolute Gasteiger partial charge is 0.257 e. The van der Waals surface area contributed by atoms with Crippen molar-refractivity contribution in [3.05, 3.63) is 54.0 Å². The molecule has 2 atom stereocenters. The van der Waals surface area contributed by atoms with E-state index in [9.17, 15) is 14.4 Å². The highest BCUT2D eigenvalue weighted by atomic mass is 16.5. The number of ether oxygens (including phenoxy) is 1. The number of piperidine rings is 2. The molecule has 2 aromatic rings. The Morgan fingerprint density at radius 2 is 1.91 bits per heavy atom. The fraction of sp³-hybridized carbons (Fsp3) is 0.519. The molecule has 4 rings (SSSR count). The zero-order valence-corrected chi connectivity index (χ0v) is 20.6. The summed E-state index contributed by atoms with van der Waals surface area (Å²) in [7, 11) is 1.62. The summed E-state index contributed by atoms with van der Waals surface area (Å²) in [6.07, 6.45) is 7.07. The van der Waals surface area contributed by atoms with Gasteiger partial charge < -0.3 is 24.3 Å². The Hall–Kier alpha value is -3.29. The molecule has 188 valence electrons. The molecule has 0 radical (unpaired) electrons. The number of amides is 3. The highest BCUT2D eigenvalue weighted by Crippen LogP contribution is 2.41. The van der Waals surface area contributed by atoms with E-state index in [4.69, 9.17) is 9.15 Å². The predicted molar refractivity (Wildman–Crippen MR) is 131 cm³/mol. The van der Waals surface area contributed by atoms with Gasteiger partial charge in [0.25, 0.3) is 5.91 Å². The van der Waals surface area contributed by atoms with Crippen LogP contribution in [0.5, 0.6) is 5.75 Å². The van der Waals surface area contributed by atoms with E-state index in [1.807, 2.05) is 29.2 Å². The maximum Gasteiger partial charge on any atom is 0.257 e. The van der Waals surface area contributed by atoms with Crippen LogP contribution in [0.2, 0.25) is 0 Å². The van der Waals surface area contributed by atoms with Gasteiger partial charge in [-0.2, -0.15) is 0 Å². The topological polar surface area (TPSA) is 92.1 Å². The molecule has 8 nitrogen and oxygen atoms in total. The molecule has 1 aromatic heterocycles. The van der Waals surface area contributed by atoms with Gasteiger partial charge in [0, 0.05) is 37.7 Å². The quantitative estimate of drug-likeness (QED) is 0.619. The standard InChI is InChI=1S/C27H35N3O5/c1-3-4-14-30-24(31)10-9-22(25(30)21-7-5-6-8-23(21)34-2)26(32)28-20-11-15-29(16-12-20)27(33)19-13-17-35-18-19/h5-8,13,17-18,20,22,25H,3-4,9-12,14-16H2,1-2H3,(H,28,32)/t22-,25+/m1/s1. The third-order valence-corrected chi connectivity index (χ3v) is 7.15. The normalized spacial score (nSPS) is 21.1. The molecule has 8 heteroatoms. The van der Waals surface area contributed by atoms with Gasteiger partial charge in [0.15, 0.2) is 0 Å². The van der Waals surface area contributed by atoms with Crippen molar-refractivity contribution in [1.82, 2.24) is 15.1 Å². The number of carbonyl (C=O) groups excluding carboxylic acids is 3.